The van der Waals surface area contributed by atoms with Gasteiger partial charge in [-0.05, 0) is 38.3 Å². The van der Waals surface area contributed by atoms with Crippen LogP contribution in [0.4, 0.5) is 8.78 Å². The smallest absolute Gasteiger partial charge is 0.257 e. The number of amides is 1. The minimum atomic E-state index is -0.870. The van der Waals surface area contributed by atoms with Gasteiger partial charge in [-0.2, -0.15) is 0 Å². The third kappa shape index (κ3) is 3.50. The van der Waals surface area contributed by atoms with Crippen LogP contribution in [0.1, 0.15) is 35.7 Å². The van der Waals surface area contributed by atoms with Gasteiger partial charge in [-0.15, -0.1) is 0 Å². The Morgan fingerprint density at radius 3 is 2.72 bits per heavy atom. The van der Waals surface area contributed by atoms with E-state index in [1.165, 1.54) is 13.0 Å². The predicted molar refractivity (Wildman–Crippen MR) is 64.3 cm³/mol. The first kappa shape index (κ1) is 14.6. The van der Waals surface area contributed by atoms with Gasteiger partial charge >= 0.3 is 0 Å². The highest BCUT2D eigenvalue weighted by molar-refractivity contribution is 5.95. The molecule has 0 aliphatic heterocycles. The molecule has 1 unspecified atom stereocenters. The quantitative estimate of drug-likeness (QED) is 0.849. The summed E-state index contributed by atoms with van der Waals surface area (Å²) in [6.07, 6.45) is 1.08. The van der Waals surface area contributed by atoms with Crippen LogP contribution in [0.5, 0.6) is 0 Å². The van der Waals surface area contributed by atoms with E-state index < -0.39 is 23.1 Å². The second-order valence-corrected chi connectivity index (χ2v) is 4.29. The van der Waals surface area contributed by atoms with Crippen molar-refractivity contribution < 1.29 is 18.7 Å². The normalized spacial score (nSPS) is 12.3. The summed E-state index contributed by atoms with van der Waals surface area (Å²) in [7, 11) is 0. The Morgan fingerprint density at radius 2 is 2.11 bits per heavy atom. The van der Waals surface area contributed by atoms with Crippen LogP contribution in [-0.2, 0) is 0 Å². The Morgan fingerprint density at radius 1 is 1.44 bits per heavy atom. The minimum absolute atomic E-state index is 0.0212. The van der Waals surface area contributed by atoms with Gasteiger partial charge in [0.2, 0.25) is 0 Å². The summed E-state index contributed by atoms with van der Waals surface area (Å²) < 4.78 is 27.1. The molecule has 0 radical (unpaired) electrons. The van der Waals surface area contributed by atoms with Crippen LogP contribution >= 0.6 is 0 Å². The van der Waals surface area contributed by atoms with Gasteiger partial charge in [0, 0.05) is 12.6 Å². The second kappa shape index (κ2) is 6.44. The van der Waals surface area contributed by atoms with E-state index in [1.807, 2.05) is 0 Å². The summed E-state index contributed by atoms with van der Waals surface area (Å²) in [5.74, 6) is -2.47. The highest BCUT2D eigenvalue weighted by atomic mass is 19.1. The molecule has 0 saturated carbocycles. The third-order valence-electron chi connectivity index (χ3n) is 2.68. The molecule has 1 aromatic carbocycles. The SMILES string of the molecule is Cc1ccc(F)c(C(=O)NC(C)CCCO)c1F. The fraction of sp³-hybridized carbons (Fsp3) is 0.462. The lowest BCUT2D eigenvalue weighted by Crippen LogP contribution is -2.34. The Bertz CT molecular complexity index is 435. The summed E-state index contributed by atoms with van der Waals surface area (Å²) in [5.41, 5.74) is -0.324. The van der Waals surface area contributed by atoms with Crippen molar-refractivity contribution in [2.24, 2.45) is 0 Å². The molecular weight excluding hydrogens is 240 g/mol. The van der Waals surface area contributed by atoms with Crippen molar-refractivity contribution in [2.45, 2.75) is 32.7 Å². The lowest BCUT2D eigenvalue weighted by Gasteiger charge is -2.14. The van der Waals surface area contributed by atoms with E-state index >= 15 is 0 Å². The van der Waals surface area contributed by atoms with Gasteiger partial charge in [-0.1, -0.05) is 6.07 Å². The maximum absolute atomic E-state index is 13.7. The number of rotatable bonds is 5. The maximum atomic E-state index is 13.7. The molecule has 18 heavy (non-hydrogen) atoms. The van der Waals surface area contributed by atoms with E-state index in [-0.39, 0.29) is 18.2 Å². The summed E-state index contributed by atoms with van der Waals surface area (Å²) in [6.45, 7) is 3.22. The first-order chi connectivity index (χ1) is 8.47. The molecule has 2 N–H and O–H groups in total. The van der Waals surface area contributed by atoms with Crippen molar-refractivity contribution in [1.82, 2.24) is 5.32 Å². The molecule has 1 atom stereocenters. The Kier molecular flexibility index (Phi) is 5.22. The number of carbonyl (C=O) groups is 1. The van der Waals surface area contributed by atoms with E-state index in [0.717, 1.165) is 6.07 Å². The highest BCUT2D eigenvalue weighted by Gasteiger charge is 2.20. The van der Waals surface area contributed by atoms with Crippen LogP contribution in [0.25, 0.3) is 0 Å². The van der Waals surface area contributed by atoms with Gasteiger partial charge in [0.25, 0.3) is 5.91 Å². The Balaban J connectivity index is 2.81. The second-order valence-electron chi connectivity index (χ2n) is 4.29. The summed E-state index contributed by atoms with van der Waals surface area (Å²) >= 11 is 0. The van der Waals surface area contributed by atoms with Crippen LogP contribution in [0.2, 0.25) is 0 Å². The lowest BCUT2D eigenvalue weighted by molar-refractivity contribution is 0.0927. The Hall–Kier alpha value is -1.49. The topological polar surface area (TPSA) is 49.3 Å². The van der Waals surface area contributed by atoms with Crippen molar-refractivity contribution in [2.75, 3.05) is 6.61 Å². The molecule has 1 amide bonds. The molecule has 0 aliphatic rings. The molecule has 0 bridgehead atoms. The molecule has 1 rings (SSSR count). The monoisotopic (exact) mass is 257 g/mol. The van der Waals surface area contributed by atoms with Gasteiger partial charge in [-0.3, -0.25) is 4.79 Å². The molecule has 0 heterocycles. The number of aliphatic hydroxyl groups is 1. The Labute approximate surface area is 105 Å². The summed E-state index contributed by atoms with van der Waals surface area (Å²) in [5, 5.41) is 11.2. The van der Waals surface area contributed by atoms with E-state index in [1.54, 1.807) is 6.92 Å². The number of hydrogen-bond acceptors (Lipinski definition) is 2. The number of aryl methyl sites for hydroxylation is 1. The molecule has 1 aromatic rings. The molecule has 0 aromatic heterocycles. The molecule has 0 fully saturated rings. The molecule has 0 saturated heterocycles. The molecule has 3 nitrogen and oxygen atoms in total. The molecule has 100 valence electrons. The summed E-state index contributed by atoms with van der Waals surface area (Å²) in [4.78, 5) is 11.8. The van der Waals surface area contributed by atoms with Crippen LogP contribution in [0, 0.1) is 18.6 Å². The highest BCUT2D eigenvalue weighted by Crippen LogP contribution is 2.16. The van der Waals surface area contributed by atoms with Crippen molar-refractivity contribution >= 4 is 5.91 Å². The number of aliphatic hydroxyl groups excluding tert-OH is 1. The number of halogens is 2. The van der Waals surface area contributed by atoms with Crippen molar-refractivity contribution in [3.63, 3.8) is 0 Å². The van der Waals surface area contributed by atoms with E-state index in [2.05, 4.69) is 5.32 Å². The first-order valence-electron chi connectivity index (χ1n) is 5.83. The fourth-order valence-electron chi connectivity index (χ4n) is 1.63. The zero-order valence-corrected chi connectivity index (χ0v) is 10.5. The standard InChI is InChI=1S/C13H17F2NO2/c1-8-5-6-10(14)11(12(8)15)13(18)16-9(2)4-3-7-17/h5-6,9,17H,3-4,7H2,1-2H3,(H,16,18). The number of nitrogens with one attached hydrogen (secondary N) is 1. The van der Waals surface area contributed by atoms with Gasteiger partial charge in [-0.25, -0.2) is 8.78 Å². The van der Waals surface area contributed by atoms with Crippen LogP contribution in [0.3, 0.4) is 0 Å². The zero-order valence-electron chi connectivity index (χ0n) is 10.5. The van der Waals surface area contributed by atoms with Gasteiger partial charge in [0.1, 0.15) is 17.2 Å². The van der Waals surface area contributed by atoms with Crippen molar-refractivity contribution in [3.05, 3.63) is 34.9 Å². The predicted octanol–water partition coefficient (Wildman–Crippen LogP) is 2.16. The zero-order chi connectivity index (χ0) is 13.7. The maximum Gasteiger partial charge on any atom is 0.257 e. The number of carbonyl (C=O) groups excluding carboxylic acids is 1. The molecule has 0 aliphatic carbocycles. The molecular formula is C13H17F2NO2. The van der Waals surface area contributed by atoms with E-state index in [9.17, 15) is 13.6 Å². The van der Waals surface area contributed by atoms with Gasteiger partial charge in [0.15, 0.2) is 0 Å². The van der Waals surface area contributed by atoms with Crippen LogP contribution < -0.4 is 5.32 Å². The fourth-order valence-corrected chi connectivity index (χ4v) is 1.63. The average molecular weight is 257 g/mol. The molecule has 0 spiro atoms. The van der Waals surface area contributed by atoms with Crippen LogP contribution in [0.15, 0.2) is 12.1 Å². The third-order valence-corrected chi connectivity index (χ3v) is 2.68. The minimum Gasteiger partial charge on any atom is -0.396 e. The van der Waals surface area contributed by atoms with Crippen molar-refractivity contribution in [3.8, 4) is 0 Å². The van der Waals surface area contributed by atoms with Gasteiger partial charge < -0.3 is 10.4 Å². The largest absolute Gasteiger partial charge is 0.396 e. The number of hydrogen-bond donors (Lipinski definition) is 2. The van der Waals surface area contributed by atoms with E-state index in [0.29, 0.717) is 12.8 Å². The average Bonchev–Trinajstić information content (AvgIpc) is 2.31. The lowest BCUT2D eigenvalue weighted by atomic mass is 10.1. The number of benzene rings is 1. The first-order valence-corrected chi connectivity index (χ1v) is 5.83. The van der Waals surface area contributed by atoms with Crippen LogP contribution in [-0.4, -0.2) is 23.7 Å². The summed E-state index contributed by atoms with van der Waals surface area (Å²) in [6, 6.07) is 2.12. The van der Waals surface area contributed by atoms with E-state index in [4.69, 9.17) is 5.11 Å². The molecule has 5 heteroatoms. The van der Waals surface area contributed by atoms with Crippen molar-refractivity contribution in [1.29, 1.82) is 0 Å². The van der Waals surface area contributed by atoms with Gasteiger partial charge in [0.05, 0.1) is 0 Å².